The van der Waals surface area contributed by atoms with E-state index in [1.54, 1.807) is 19.2 Å². The van der Waals surface area contributed by atoms with Crippen molar-refractivity contribution >= 4 is 35.0 Å². The van der Waals surface area contributed by atoms with Crippen molar-refractivity contribution in [3.05, 3.63) is 78.0 Å². The molecule has 1 aromatic heterocycles. The summed E-state index contributed by atoms with van der Waals surface area (Å²) in [5.41, 5.74) is 14.0. The Hall–Kier alpha value is -4.39. The molecule has 12 heteroatoms. The number of fused-ring (bicyclic) bond motifs is 2. The molecule has 2 aliphatic rings. The fraction of sp³-hybridized carbons (Fsp3) is 0.537. The first kappa shape index (κ1) is 43.0. The van der Waals surface area contributed by atoms with Gasteiger partial charge in [-0.15, -0.1) is 0 Å². The molecule has 0 radical (unpaired) electrons. The number of primary amides is 1. The molecule has 1 saturated heterocycles. The third-order valence-corrected chi connectivity index (χ3v) is 9.80. The molecule has 290 valence electrons. The van der Waals surface area contributed by atoms with Crippen LogP contribution >= 0.6 is 0 Å². The fourth-order valence-electron chi connectivity index (χ4n) is 6.93. The number of benzene rings is 2. The topological polar surface area (TPSA) is 182 Å². The standard InChI is InChI=1S/C34H44N6O4.C5H11NO.C2H6/c1-44-30(22-40-18-17-34(36)16-8-7-12-25(34)21-40)28(19-23-9-3-2-4-10-23)38-33(43)29(20-31(35)41)39-32(42)27-15-14-24-11-5-6-13-26(24)37-27;1-5(2,3)6-4-7;1-2/h2-6,9-11,13-15,25,28-30H,7-8,12,16-22,36H2,1H3,(H2,35,41)(H,38,43)(H,39,42);4H,1-3H3,(H,6,7);1-2H3/t25?,28?,29-,30?,34?;;/m0../s1. The number of hydrogen-bond donors (Lipinski definition) is 5. The monoisotopic (exact) mass is 731 g/mol. The number of para-hydroxylation sites is 1. The Bertz CT molecular complexity index is 1610. The van der Waals surface area contributed by atoms with Gasteiger partial charge in [0.2, 0.25) is 18.2 Å². The van der Waals surface area contributed by atoms with Crippen LogP contribution in [0.4, 0.5) is 0 Å². The van der Waals surface area contributed by atoms with Gasteiger partial charge in [-0.05, 0) is 70.1 Å². The minimum atomic E-state index is -1.18. The molecule has 1 saturated carbocycles. The molecular formula is C41H61N7O5. The summed E-state index contributed by atoms with van der Waals surface area (Å²) >= 11 is 0. The van der Waals surface area contributed by atoms with E-state index in [-0.39, 0.29) is 29.3 Å². The van der Waals surface area contributed by atoms with Gasteiger partial charge in [0.15, 0.2) is 0 Å². The van der Waals surface area contributed by atoms with E-state index in [0.717, 1.165) is 43.3 Å². The Morgan fingerprint density at radius 1 is 1.00 bits per heavy atom. The van der Waals surface area contributed by atoms with Gasteiger partial charge in [0.25, 0.3) is 5.91 Å². The van der Waals surface area contributed by atoms with E-state index in [0.29, 0.717) is 30.8 Å². The summed E-state index contributed by atoms with van der Waals surface area (Å²) in [6.07, 6.45) is 6.07. The lowest BCUT2D eigenvalue weighted by Gasteiger charge is -2.49. The third kappa shape index (κ3) is 13.5. The number of nitrogens with one attached hydrogen (secondary N) is 3. The highest BCUT2D eigenvalue weighted by molar-refractivity contribution is 5.99. The second-order valence-corrected chi connectivity index (χ2v) is 14.9. The van der Waals surface area contributed by atoms with Crippen LogP contribution in [0.1, 0.15) is 89.2 Å². The second kappa shape index (κ2) is 20.7. The molecule has 53 heavy (non-hydrogen) atoms. The molecule has 2 fully saturated rings. The summed E-state index contributed by atoms with van der Waals surface area (Å²) < 4.78 is 6.03. The highest BCUT2D eigenvalue weighted by Crippen LogP contribution is 2.38. The molecule has 0 spiro atoms. The van der Waals surface area contributed by atoms with Gasteiger partial charge in [-0.1, -0.05) is 81.3 Å². The summed E-state index contributed by atoms with van der Waals surface area (Å²) in [4.78, 5) is 55.5. The number of amides is 4. The van der Waals surface area contributed by atoms with Gasteiger partial charge in [0.05, 0.1) is 24.1 Å². The number of nitrogens with zero attached hydrogens (tertiary/aromatic N) is 2. The highest BCUT2D eigenvalue weighted by Gasteiger charge is 2.42. The maximum Gasteiger partial charge on any atom is 0.270 e. The molecule has 1 aliphatic carbocycles. The summed E-state index contributed by atoms with van der Waals surface area (Å²) in [6, 6.07) is 19.1. The molecule has 4 unspecified atom stereocenters. The van der Waals surface area contributed by atoms with Crippen molar-refractivity contribution in [3.8, 4) is 0 Å². The van der Waals surface area contributed by atoms with Crippen LogP contribution in [0.15, 0.2) is 66.7 Å². The fourth-order valence-corrected chi connectivity index (χ4v) is 6.93. The predicted molar refractivity (Wildman–Crippen MR) is 210 cm³/mol. The number of likely N-dealkylation sites (tertiary alicyclic amines) is 1. The van der Waals surface area contributed by atoms with E-state index in [2.05, 4.69) is 25.8 Å². The predicted octanol–water partition coefficient (Wildman–Crippen LogP) is 4.10. The zero-order chi connectivity index (χ0) is 39.0. The van der Waals surface area contributed by atoms with Crippen LogP contribution in [0, 0.1) is 5.92 Å². The van der Waals surface area contributed by atoms with Crippen LogP contribution in [-0.4, -0.2) is 90.0 Å². The minimum Gasteiger partial charge on any atom is -0.378 e. The lowest BCUT2D eigenvalue weighted by Crippen LogP contribution is -2.61. The average molecular weight is 732 g/mol. The van der Waals surface area contributed by atoms with Gasteiger partial charge in [-0.3, -0.25) is 19.2 Å². The van der Waals surface area contributed by atoms with Crippen molar-refractivity contribution in [2.24, 2.45) is 17.4 Å². The zero-order valence-corrected chi connectivity index (χ0v) is 32.4. The normalized spacial score (nSPS) is 20.1. The summed E-state index contributed by atoms with van der Waals surface area (Å²) in [5.74, 6) is -1.33. The first-order valence-electron chi connectivity index (χ1n) is 18.8. The van der Waals surface area contributed by atoms with Gasteiger partial charge < -0.3 is 37.1 Å². The molecule has 2 heterocycles. The third-order valence-electron chi connectivity index (χ3n) is 9.80. The van der Waals surface area contributed by atoms with Crippen molar-refractivity contribution < 1.29 is 23.9 Å². The largest absolute Gasteiger partial charge is 0.378 e. The van der Waals surface area contributed by atoms with Crippen LogP contribution in [0.25, 0.3) is 10.9 Å². The summed E-state index contributed by atoms with van der Waals surface area (Å²) in [5, 5.41) is 9.29. The number of hydrogen-bond acceptors (Lipinski definition) is 8. The maximum atomic E-state index is 13.8. The van der Waals surface area contributed by atoms with E-state index >= 15 is 0 Å². The molecule has 0 bridgehead atoms. The van der Waals surface area contributed by atoms with Crippen LogP contribution in [0.5, 0.6) is 0 Å². The van der Waals surface area contributed by atoms with Crippen molar-refractivity contribution in [2.45, 2.75) is 109 Å². The molecule has 5 rings (SSSR count). The number of rotatable bonds is 13. The van der Waals surface area contributed by atoms with E-state index in [4.69, 9.17) is 16.2 Å². The molecule has 7 N–H and O–H groups in total. The van der Waals surface area contributed by atoms with Crippen molar-refractivity contribution in [2.75, 3.05) is 26.7 Å². The Morgan fingerprint density at radius 3 is 2.34 bits per heavy atom. The highest BCUT2D eigenvalue weighted by atomic mass is 16.5. The second-order valence-electron chi connectivity index (χ2n) is 14.9. The molecule has 12 nitrogen and oxygen atoms in total. The first-order valence-corrected chi connectivity index (χ1v) is 18.8. The van der Waals surface area contributed by atoms with Crippen molar-refractivity contribution in [1.82, 2.24) is 25.8 Å². The summed E-state index contributed by atoms with van der Waals surface area (Å²) in [6.45, 7) is 12.2. The van der Waals surface area contributed by atoms with E-state index in [9.17, 15) is 19.2 Å². The van der Waals surface area contributed by atoms with Gasteiger partial charge in [-0.25, -0.2) is 4.98 Å². The zero-order valence-electron chi connectivity index (χ0n) is 32.4. The Balaban J connectivity index is 0.000000754. The number of carbonyl (C=O) groups excluding carboxylic acids is 4. The lowest BCUT2D eigenvalue weighted by molar-refractivity contribution is -0.128. The SMILES string of the molecule is CC.CC(C)(C)NC=O.COC(CN1CCC2(N)CCCCC2C1)C(Cc1ccccc1)NC(=O)[C@H](CC(N)=O)NC(=O)c1ccc2ccccc2n1. The van der Waals surface area contributed by atoms with Gasteiger partial charge in [-0.2, -0.15) is 0 Å². The Kier molecular flexibility index (Phi) is 16.8. The smallest absolute Gasteiger partial charge is 0.270 e. The molecule has 1 aliphatic heterocycles. The number of ether oxygens (including phenoxy) is 1. The Morgan fingerprint density at radius 2 is 1.70 bits per heavy atom. The number of aromatic nitrogens is 1. The number of pyridine rings is 1. The van der Waals surface area contributed by atoms with Gasteiger partial charge in [0.1, 0.15) is 11.7 Å². The molecular weight excluding hydrogens is 670 g/mol. The van der Waals surface area contributed by atoms with Crippen molar-refractivity contribution in [1.29, 1.82) is 0 Å². The van der Waals surface area contributed by atoms with Crippen LogP contribution in [0.2, 0.25) is 0 Å². The molecule has 3 aromatic rings. The average Bonchev–Trinajstić information content (AvgIpc) is 3.14. The Labute approximate surface area is 315 Å². The van der Waals surface area contributed by atoms with Crippen LogP contribution in [0.3, 0.4) is 0 Å². The number of piperidine rings is 1. The van der Waals surface area contributed by atoms with Crippen LogP contribution in [-0.2, 0) is 25.5 Å². The van der Waals surface area contributed by atoms with Gasteiger partial charge >= 0.3 is 0 Å². The quantitative estimate of drug-likeness (QED) is 0.163. The number of nitrogens with two attached hydrogens (primary N) is 2. The summed E-state index contributed by atoms with van der Waals surface area (Å²) in [7, 11) is 1.65. The lowest BCUT2D eigenvalue weighted by atomic mass is 9.69. The number of carbonyl (C=O) groups is 4. The first-order chi connectivity index (χ1) is 25.3. The van der Waals surface area contributed by atoms with Crippen LogP contribution < -0.4 is 27.4 Å². The maximum absolute atomic E-state index is 13.8. The van der Waals surface area contributed by atoms with Gasteiger partial charge in [0, 0.05) is 43.2 Å². The molecule has 5 atom stereocenters. The van der Waals surface area contributed by atoms with E-state index < -0.39 is 29.8 Å². The van der Waals surface area contributed by atoms with E-state index in [1.807, 2.05) is 89.2 Å². The molecule has 4 amide bonds. The minimum absolute atomic E-state index is 0.0677. The van der Waals surface area contributed by atoms with Crippen molar-refractivity contribution in [3.63, 3.8) is 0 Å². The molecule has 2 aromatic carbocycles. The number of methoxy groups -OCH3 is 1. The van der Waals surface area contributed by atoms with E-state index in [1.165, 1.54) is 12.8 Å².